The molecule has 3 rings (SSSR count). The summed E-state index contributed by atoms with van der Waals surface area (Å²) >= 11 is 0. The van der Waals surface area contributed by atoms with Gasteiger partial charge in [0.25, 0.3) is 0 Å². The highest BCUT2D eigenvalue weighted by molar-refractivity contribution is 6.18. The summed E-state index contributed by atoms with van der Waals surface area (Å²) < 4.78 is 0. The molecule has 0 unspecified atom stereocenters. The lowest BCUT2D eigenvalue weighted by atomic mass is 9.80. The molecule has 1 heteroatoms. The molecule has 0 radical (unpaired) electrons. The van der Waals surface area contributed by atoms with Crippen molar-refractivity contribution >= 4 is 27.3 Å². The first-order valence-electron chi connectivity index (χ1n) is 7.50. The van der Waals surface area contributed by atoms with Crippen LogP contribution in [0.1, 0.15) is 37.6 Å². The van der Waals surface area contributed by atoms with E-state index in [4.69, 9.17) is 0 Å². The van der Waals surface area contributed by atoms with E-state index in [1.54, 1.807) is 0 Å². The maximum atomic E-state index is 13.0. The topological polar surface area (TPSA) is 17.1 Å². The van der Waals surface area contributed by atoms with Crippen LogP contribution in [0.5, 0.6) is 0 Å². The SMILES string of the molecule is CCC(C)(C)C(=O)c1cc2ccccc2c2ccccc12. The average Bonchev–Trinajstić information content (AvgIpc) is 2.53. The van der Waals surface area contributed by atoms with Crippen LogP contribution in [0.3, 0.4) is 0 Å². The maximum Gasteiger partial charge on any atom is 0.169 e. The Morgan fingerprint density at radius 2 is 1.48 bits per heavy atom. The molecule has 0 heterocycles. The molecule has 0 aliphatic carbocycles. The van der Waals surface area contributed by atoms with Gasteiger partial charge < -0.3 is 0 Å². The summed E-state index contributed by atoms with van der Waals surface area (Å²) in [6.45, 7) is 6.12. The van der Waals surface area contributed by atoms with Crippen molar-refractivity contribution in [2.24, 2.45) is 5.41 Å². The third-order valence-electron chi connectivity index (χ3n) is 4.51. The number of rotatable bonds is 3. The molecule has 3 aromatic rings. The molecule has 0 aliphatic rings. The van der Waals surface area contributed by atoms with Gasteiger partial charge in [-0.3, -0.25) is 4.79 Å². The van der Waals surface area contributed by atoms with Crippen molar-refractivity contribution in [1.29, 1.82) is 0 Å². The summed E-state index contributed by atoms with van der Waals surface area (Å²) in [5.41, 5.74) is 0.516. The van der Waals surface area contributed by atoms with Crippen molar-refractivity contribution in [2.75, 3.05) is 0 Å². The molecule has 0 aliphatic heterocycles. The number of fused-ring (bicyclic) bond motifs is 3. The Hall–Kier alpha value is -2.15. The number of benzene rings is 3. The van der Waals surface area contributed by atoms with E-state index in [0.717, 1.165) is 28.1 Å². The fourth-order valence-electron chi connectivity index (χ4n) is 2.77. The fraction of sp³-hybridized carbons (Fsp3) is 0.250. The van der Waals surface area contributed by atoms with Crippen LogP contribution in [0.2, 0.25) is 0 Å². The molecule has 0 N–H and O–H groups in total. The quantitative estimate of drug-likeness (QED) is 0.448. The highest BCUT2D eigenvalue weighted by atomic mass is 16.1. The summed E-state index contributed by atoms with van der Waals surface area (Å²) in [6, 6.07) is 18.5. The minimum Gasteiger partial charge on any atom is -0.294 e. The molecule has 0 bridgehead atoms. The molecule has 0 spiro atoms. The first-order valence-corrected chi connectivity index (χ1v) is 7.50. The third-order valence-corrected chi connectivity index (χ3v) is 4.51. The molecule has 0 fully saturated rings. The lowest BCUT2D eigenvalue weighted by Crippen LogP contribution is -2.23. The minimum atomic E-state index is -0.328. The van der Waals surface area contributed by atoms with Gasteiger partial charge in [0.2, 0.25) is 0 Å². The molecule has 0 amide bonds. The second kappa shape index (κ2) is 5.00. The van der Waals surface area contributed by atoms with E-state index in [9.17, 15) is 4.79 Å². The van der Waals surface area contributed by atoms with E-state index in [-0.39, 0.29) is 11.2 Å². The van der Waals surface area contributed by atoms with Gasteiger partial charge in [-0.25, -0.2) is 0 Å². The molecule has 106 valence electrons. The smallest absolute Gasteiger partial charge is 0.169 e. The van der Waals surface area contributed by atoms with Crippen molar-refractivity contribution in [3.05, 3.63) is 60.2 Å². The van der Waals surface area contributed by atoms with Crippen LogP contribution >= 0.6 is 0 Å². The number of ketones is 1. The van der Waals surface area contributed by atoms with Gasteiger partial charge in [-0.05, 0) is 34.0 Å². The van der Waals surface area contributed by atoms with E-state index in [1.807, 2.05) is 38.1 Å². The van der Waals surface area contributed by atoms with E-state index in [0.29, 0.717) is 0 Å². The van der Waals surface area contributed by atoms with Crippen LogP contribution in [0, 0.1) is 5.41 Å². The average molecular weight is 276 g/mol. The van der Waals surface area contributed by atoms with E-state index >= 15 is 0 Å². The molecule has 1 nitrogen and oxygen atoms in total. The van der Waals surface area contributed by atoms with Gasteiger partial charge in [-0.2, -0.15) is 0 Å². The fourth-order valence-corrected chi connectivity index (χ4v) is 2.77. The zero-order valence-electron chi connectivity index (χ0n) is 12.8. The first kappa shape index (κ1) is 13.8. The highest BCUT2D eigenvalue weighted by Crippen LogP contribution is 2.33. The van der Waals surface area contributed by atoms with Crippen LogP contribution in [0.25, 0.3) is 21.5 Å². The zero-order chi connectivity index (χ0) is 15.0. The molecule has 0 atom stereocenters. The molecular formula is C20H20O. The number of hydrogen-bond donors (Lipinski definition) is 0. The Labute approximate surface area is 125 Å². The van der Waals surface area contributed by atoms with Crippen LogP contribution in [0.15, 0.2) is 54.6 Å². The van der Waals surface area contributed by atoms with Gasteiger partial charge >= 0.3 is 0 Å². The summed E-state index contributed by atoms with van der Waals surface area (Å²) in [7, 11) is 0. The van der Waals surface area contributed by atoms with E-state index < -0.39 is 0 Å². The van der Waals surface area contributed by atoms with Crippen LogP contribution in [0.4, 0.5) is 0 Å². The predicted octanol–water partition coefficient (Wildman–Crippen LogP) is 5.61. The summed E-state index contributed by atoms with van der Waals surface area (Å²) in [4.78, 5) is 13.0. The Morgan fingerprint density at radius 3 is 2.14 bits per heavy atom. The molecule has 0 aromatic heterocycles. The number of hydrogen-bond acceptors (Lipinski definition) is 1. The summed E-state index contributed by atoms with van der Waals surface area (Å²) in [6.07, 6.45) is 0.840. The van der Waals surface area contributed by atoms with Crippen molar-refractivity contribution in [2.45, 2.75) is 27.2 Å². The third kappa shape index (κ3) is 2.23. The van der Waals surface area contributed by atoms with Crippen molar-refractivity contribution in [1.82, 2.24) is 0 Å². The Kier molecular flexibility index (Phi) is 3.29. The van der Waals surface area contributed by atoms with E-state index in [1.165, 1.54) is 5.39 Å². The predicted molar refractivity (Wildman–Crippen MR) is 89.9 cm³/mol. The van der Waals surface area contributed by atoms with Gasteiger partial charge in [-0.1, -0.05) is 69.3 Å². The number of Topliss-reactive ketones (excluding diaryl/α,β-unsaturated/α-hetero) is 1. The van der Waals surface area contributed by atoms with Gasteiger partial charge in [0.15, 0.2) is 5.78 Å². The first-order chi connectivity index (χ1) is 10.0. The van der Waals surface area contributed by atoms with Crippen LogP contribution in [-0.2, 0) is 0 Å². The van der Waals surface area contributed by atoms with Crippen molar-refractivity contribution in [3.63, 3.8) is 0 Å². The standard InChI is InChI=1S/C20H20O/c1-4-20(2,3)19(21)18-13-14-9-5-6-10-15(14)16-11-7-8-12-17(16)18/h5-13H,4H2,1-3H3. The Bertz CT molecular complexity index is 827. The molecule has 0 saturated heterocycles. The van der Waals surface area contributed by atoms with Gasteiger partial charge in [0, 0.05) is 11.0 Å². The lowest BCUT2D eigenvalue weighted by Gasteiger charge is -2.22. The summed E-state index contributed by atoms with van der Waals surface area (Å²) in [5, 5.41) is 4.55. The van der Waals surface area contributed by atoms with Gasteiger partial charge in [0.1, 0.15) is 0 Å². The molecule has 21 heavy (non-hydrogen) atoms. The summed E-state index contributed by atoms with van der Waals surface area (Å²) in [5.74, 6) is 0.229. The number of carbonyl (C=O) groups excluding carboxylic acids is 1. The van der Waals surface area contributed by atoms with Crippen molar-refractivity contribution < 1.29 is 4.79 Å². The van der Waals surface area contributed by atoms with Crippen LogP contribution in [-0.4, -0.2) is 5.78 Å². The second-order valence-electron chi connectivity index (χ2n) is 6.26. The lowest BCUT2D eigenvalue weighted by molar-refractivity contribution is 0.0835. The van der Waals surface area contributed by atoms with Crippen molar-refractivity contribution in [3.8, 4) is 0 Å². The Morgan fingerprint density at radius 1 is 0.905 bits per heavy atom. The second-order valence-corrected chi connectivity index (χ2v) is 6.26. The van der Waals surface area contributed by atoms with E-state index in [2.05, 4.69) is 37.3 Å². The Balaban J connectivity index is 2.38. The normalized spacial score (nSPS) is 12.0. The van der Waals surface area contributed by atoms with Gasteiger partial charge in [-0.15, -0.1) is 0 Å². The maximum absolute atomic E-state index is 13.0. The molecule has 0 saturated carbocycles. The zero-order valence-corrected chi connectivity index (χ0v) is 12.8. The van der Waals surface area contributed by atoms with Crippen LogP contribution < -0.4 is 0 Å². The molecular weight excluding hydrogens is 256 g/mol. The van der Waals surface area contributed by atoms with Gasteiger partial charge in [0.05, 0.1) is 0 Å². The monoisotopic (exact) mass is 276 g/mol. The number of carbonyl (C=O) groups is 1. The largest absolute Gasteiger partial charge is 0.294 e. The molecule has 3 aromatic carbocycles. The minimum absolute atomic E-state index is 0.229. The highest BCUT2D eigenvalue weighted by Gasteiger charge is 2.28.